The third-order valence-electron chi connectivity index (χ3n) is 5.42. The van der Waals surface area contributed by atoms with Gasteiger partial charge in [-0.1, -0.05) is 42.1 Å². The van der Waals surface area contributed by atoms with Crippen LogP contribution in [-0.2, 0) is 25.2 Å². The Hall–Kier alpha value is -3.36. The van der Waals surface area contributed by atoms with Crippen LogP contribution in [-0.4, -0.2) is 20.3 Å². The van der Waals surface area contributed by atoms with E-state index in [1.165, 1.54) is 24.8 Å². The minimum absolute atomic E-state index is 0.0846. The fraction of sp³-hybridized carbons (Fsp3) is 0.154. The van der Waals surface area contributed by atoms with Crippen molar-refractivity contribution < 1.29 is 22.7 Å². The lowest BCUT2D eigenvalue weighted by atomic mass is 10.1. The molecule has 0 bridgehead atoms. The number of amides is 1. The van der Waals surface area contributed by atoms with E-state index in [9.17, 15) is 18.0 Å². The smallest absolute Gasteiger partial charge is 0.308 e. The second-order valence-electron chi connectivity index (χ2n) is 8.01. The monoisotopic (exact) mass is 493 g/mol. The van der Waals surface area contributed by atoms with Gasteiger partial charge in [0.1, 0.15) is 5.75 Å². The van der Waals surface area contributed by atoms with Crippen molar-refractivity contribution in [2.45, 2.75) is 36.3 Å². The molecule has 1 N–H and O–H groups in total. The van der Waals surface area contributed by atoms with Gasteiger partial charge in [0.05, 0.1) is 21.2 Å². The average Bonchev–Trinajstić information content (AvgIpc) is 2.77. The van der Waals surface area contributed by atoms with Gasteiger partial charge in [-0.05, 0) is 72.5 Å². The summed E-state index contributed by atoms with van der Waals surface area (Å²) in [5.41, 5.74) is 4.00. The number of hydrogen-bond donors (Lipinski definition) is 1. The summed E-state index contributed by atoms with van der Waals surface area (Å²) in [4.78, 5) is 25.0. The molecule has 0 saturated heterocycles. The SMILES string of the molecule is CC(=O)Oc1ccc(/C=C2/Sc3cc(S(=O)(=O)Cc4c(C)cccc4C)ccc3NC2=O)cc1. The highest BCUT2D eigenvalue weighted by Crippen LogP contribution is 2.40. The van der Waals surface area contributed by atoms with Crippen molar-refractivity contribution in [3.8, 4) is 5.75 Å². The van der Waals surface area contributed by atoms with Crippen molar-refractivity contribution in [3.05, 3.63) is 87.8 Å². The molecule has 0 aliphatic carbocycles. The first-order valence-electron chi connectivity index (χ1n) is 10.5. The summed E-state index contributed by atoms with van der Waals surface area (Å²) >= 11 is 1.22. The van der Waals surface area contributed by atoms with Gasteiger partial charge < -0.3 is 10.1 Å². The van der Waals surface area contributed by atoms with Crippen molar-refractivity contribution in [2.24, 2.45) is 0 Å². The number of benzene rings is 3. The third-order valence-corrected chi connectivity index (χ3v) is 8.14. The van der Waals surface area contributed by atoms with Gasteiger partial charge in [0.2, 0.25) is 0 Å². The Morgan fingerprint density at radius 2 is 1.71 bits per heavy atom. The second-order valence-corrected chi connectivity index (χ2v) is 11.1. The highest BCUT2D eigenvalue weighted by atomic mass is 32.2. The maximum Gasteiger partial charge on any atom is 0.308 e. The van der Waals surface area contributed by atoms with Crippen LogP contribution in [0.4, 0.5) is 5.69 Å². The van der Waals surface area contributed by atoms with E-state index in [4.69, 9.17) is 4.74 Å². The topological polar surface area (TPSA) is 89.5 Å². The molecule has 1 aliphatic heterocycles. The maximum atomic E-state index is 13.2. The summed E-state index contributed by atoms with van der Waals surface area (Å²) in [6.45, 7) is 5.14. The molecule has 0 spiro atoms. The Labute approximate surface area is 203 Å². The van der Waals surface area contributed by atoms with Crippen molar-refractivity contribution in [2.75, 3.05) is 5.32 Å². The van der Waals surface area contributed by atoms with Gasteiger partial charge in [-0.25, -0.2) is 8.42 Å². The summed E-state index contributed by atoms with van der Waals surface area (Å²) < 4.78 is 31.4. The van der Waals surface area contributed by atoms with Crippen LogP contribution in [0.5, 0.6) is 5.75 Å². The third kappa shape index (κ3) is 5.24. The highest BCUT2D eigenvalue weighted by Gasteiger charge is 2.25. The minimum atomic E-state index is -3.58. The first-order valence-corrected chi connectivity index (χ1v) is 13.0. The molecule has 0 radical (unpaired) electrons. The lowest BCUT2D eigenvalue weighted by molar-refractivity contribution is -0.131. The molecular weight excluding hydrogens is 470 g/mol. The van der Waals surface area contributed by atoms with E-state index in [2.05, 4.69) is 5.32 Å². The maximum absolute atomic E-state index is 13.2. The number of rotatable bonds is 5. The largest absolute Gasteiger partial charge is 0.427 e. The molecular formula is C26H23NO5S2. The summed E-state index contributed by atoms with van der Waals surface area (Å²) in [6.07, 6.45) is 1.71. The lowest BCUT2D eigenvalue weighted by Gasteiger charge is -2.20. The van der Waals surface area contributed by atoms with Crippen LogP contribution in [0.3, 0.4) is 0 Å². The molecule has 174 valence electrons. The van der Waals surface area contributed by atoms with Crippen molar-refractivity contribution in [3.63, 3.8) is 0 Å². The van der Waals surface area contributed by atoms with E-state index < -0.39 is 15.8 Å². The molecule has 0 atom stereocenters. The van der Waals surface area contributed by atoms with Gasteiger partial charge in [0.15, 0.2) is 9.84 Å². The molecule has 3 aromatic carbocycles. The van der Waals surface area contributed by atoms with Crippen LogP contribution in [0.15, 0.2) is 75.4 Å². The van der Waals surface area contributed by atoms with Gasteiger partial charge in [-0.15, -0.1) is 0 Å². The van der Waals surface area contributed by atoms with Gasteiger partial charge >= 0.3 is 5.97 Å². The summed E-state index contributed by atoms with van der Waals surface area (Å²) in [6, 6.07) is 17.3. The van der Waals surface area contributed by atoms with E-state index >= 15 is 0 Å². The molecule has 6 nitrogen and oxygen atoms in total. The molecule has 1 amide bonds. The van der Waals surface area contributed by atoms with Crippen molar-refractivity contribution in [1.29, 1.82) is 0 Å². The Bertz CT molecular complexity index is 1400. The van der Waals surface area contributed by atoms with E-state index in [0.717, 1.165) is 22.3 Å². The molecule has 8 heteroatoms. The number of anilines is 1. The second kappa shape index (κ2) is 9.48. The number of carbonyl (C=O) groups is 2. The molecule has 1 aliphatic rings. The van der Waals surface area contributed by atoms with E-state index in [-0.39, 0.29) is 16.6 Å². The minimum Gasteiger partial charge on any atom is -0.427 e. The number of aryl methyl sites for hydroxylation is 2. The molecule has 4 rings (SSSR count). The van der Waals surface area contributed by atoms with Gasteiger partial charge in [-0.3, -0.25) is 9.59 Å². The standard InChI is InChI=1S/C26H23NO5S2/c1-16-5-4-6-17(2)22(16)15-34(30,31)21-11-12-23-24(14-21)33-25(26(29)27-23)13-19-7-9-20(10-8-19)32-18(3)28/h4-14H,15H2,1-3H3,(H,27,29)/b25-13+. The fourth-order valence-electron chi connectivity index (χ4n) is 3.63. The predicted molar refractivity (Wildman–Crippen MR) is 133 cm³/mol. The van der Waals surface area contributed by atoms with Gasteiger partial charge in [0.25, 0.3) is 5.91 Å². The fourth-order valence-corrected chi connectivity index (χ4v) is 6.27. The molecule has 34 heavy (non-hydrogen) atoms. The number of hydrogen-bond acceptors (Lipinski definition) is 6. The number of fused-ring (bicyclic) bond motifs is 1. The molecule has 0 unspecified atom stereocenters. The number of ether oxygens (including phenoxy) is 1. The van der Waals surface area contributed by atoms with Crippen molar-refractivity contribution >= 4 is 45.2 Å². The number of nitrogens with one attached hydrogen (secondary N) is 1. The first-order chi connectivity index (χ1) is 16.1. The van der Waals surface area contributed by atoms with Crippen LogP contribution in [0.2, 0.25) is 0 Å². The molecule has 3 aromatic rings. The Morgan fingerprint density at radius 3 is 2.35 bits per heavy atom. The Balaban J connectivity index is 1.60. The van der Waals surface area contributed by atoms with Gasteiger partial charge in [0, 0.05) is 11.8 Å². The zero-order chi connectivity index (χ0) is 24.5. The lowest BCUT2D eigenvalue weighted by Crippen LogP contribution is -2.17. The molecule has 1 heterocycles. The Kier molecular flexibility index (Phi) is 6.63. The zero-order valence-corrected chi connectivity index (χ0v) is 20.5. The summed E-state index contributed by atoms with van der Waals surface area (Å²) in [7, 11) is -3.58. The molecule has 0 saturated carbocycles. The van der Waals surface area contributed by atoms with Gasteiger partial charge in [-0.2, -0.15) is 0 Å². The predicted octanol–water partition coefficient (Wildman–Crippen LogP) is 5.29. The van der Waals surface area contributed by atoms with E-state index in [0.29, 0.717) is 21.2 Å². The first kappa shape index (κ1) is 23.8. The van der Waals surface area contributed by atoms with Crippen LogP contribution < -0.4 is 10.1 Å². The summed E-state index contributed by atoms with van der Waals surface area (Å²) in [5, 5.41) is 2.82. The van der Waals surface area contributed by atoms with Crippen LogP contribution >= 0.6 is 11.8 Å². The quantitative estimate of drug-likeness (QED) is 0.295. The highest BCUT2D eigenvalue weighted by molar-refractivity contribution is 8.04. The normalized spacial score (nSPS) is 14.4. The van der Waals surface area contributed by atoms with E-state index in [1.54, 1.807) is 42.5 Å². The van der Waals surface area contributed by atoms with Crippen molar-refractivity contribution in [1.82, 2.24) is 0 Å². The number of carbonyl (C=O) groups excluding carboxylic acids is 2. The number of thioether (sulfide) groups is 1. The van der Waals surface area contributed by atoms with Crippen LogP contribution in [0, 0.1) is 13.8 Å². The zero-order valence-electron chi connectivity index (χ0n) is 18.9. The van der Waals surface area contributed by atoms with E-state index in [1.807, 2.05) is 32.0 Å². The number of esters is 1. The number of sulfone groups is 1. The average molecular weight is 494 g/mol. The molecule has 0 aromatic heterocycles. The van der Waals surface area contributed by atoms with Crippen LogP contribution in [0.1, 0.15) is 29.2 Å². The summed E-state index contributed by atoms with van der Waals surface area (Å²) in [5.74, 6) is -0.348. The molecule has 0 fully saturated rings. The van der Waals surface area contributed by atoms with Crippen LogP contribution in [0.25, 0.3) is 6.08 Å². The Morgan fingerprint density at radius 1 is 1.03 bits per heavy atom.